The first-order chi connectivity index (χ1) is 7.15. The number of hydrogen-bond acceptors (Lipinski definition) is 1. The van der Waals surface area contributed by atoms with E-state index in [0.29, 0.717) is 12.6 Å². The summed E-state index contributed by atoms with van der Waals surface area (Å²) in [6.07, 6.45) is 2.44. The summed E-state index contributed by atoms with van der Waals surface area (Å²) in [4.78, 5) is 0. The molecule has 0 bridgehead atoms. The second kappa shape index (κ2) is 4.62. The van der Waals surface area contributed by atoms with Crippen molar-refractivity contribution in [3.05, 3.63) is 34.1 Å². The highest BCUT2D eigenvalue weighted by Gasteiger charge is 2.24. The van der Waals surface area contributed by atoms with E-state index in [2.05, 4.69) is 28.2 Å². The maximum absolute atomic E-state index is 13.4. The third kappa shape index (κ3) is 2.79. The third-order valence-electron chi connectivity index (χ3n) is 2.96. The number of nitrogens with one attached hydrogen (secondary N) is 1. The number of hydrogen-bond donors (Lipinski definition) is 1. The van der Waals surface area contributed by atoms with E-state index >= 15 is 0 Å². The molecule has 1 N–H and O–H groups in total. The van der Waals surface area contributed by atoms with Gasteiger partial charge in [-0.25, -0.2) is 4.39 Å². The lowest BCUT2D eigenvalue weighted by Crippen LogP contribution is -2.39. The highest BCUT2D eigenvalue weighted by molar-refractivity contribution is 9.10. The van der Waals surface area contributed by atoms with Crippen LogP contribution in [-0.4, -0.2) is 6.04 Å². The van der Waals surface area contributed by atoms with Crippen LogP contribution in [-0.2, 0) is 6.54 Å². The summed E-state index contributed by atoms with van der Waals surface area (Å²) in [5.74, 6) is 0.702. The molecule has 1 aromatic carbocycles. The Morgan fingerprint density at radius 1 is 1.47 bits per heavy atom. The minimum absolute atomic E-state index is 0.127. The molecule has 1 saturated carbocycles. The van der Waals surface area contributed by atoms with Crippen molar-refractivity contribution in [2.75, 3.05) is 0 Å². The number of rotatable bonds is 3. The van der Waals surface area contributed by atoms with E-state index in [-0.39, 0.29) is 5.82 Å². The molecule has 0 atom stereocenters. The summed E-state index contributed by atoms with van der Waals surface area (Å²) >= 11 is 3.35. The predicted molar refractivity (Wildman–Crippen MR) is 63.1 cm³/mol. The van der Waals surface area contributed by atoms with Crippen LogP contribution in [0.4, 0.5) is 4.39 Å². The van der Waals surface area contributed by atoms with Crippen LogP contribution in [0.25, 0.3) is 0 Å². The second-order valence-corrected chi connectivity index (χ2v) is 5.31. The topological polar surface area (TPSA) is 12.0 Å². The standard InChI is InChI=1S/C12H15BrFN/c1-8-4-11(5-8)15-7-9-6-10(13)2-3-12(9)14/h2-3,6,8,11,15H,4-5,7H2,1H3. The van der Waals surface area contributed by atoms with Crippen LogP contribution in [0.2, 0.25) is 0 Å². The molecule has 82 valence electrons. The van der Waals surface area contributed by atoms with E-state index in [1.54, 1.807) is 6.07 Å². The highest BCUT2D eigenvalue weighted by atomic mass is 79.9. The normalized spacial score (nSPS) is 25.0. The van der Waals surface area contributed by atoms with Gasteiger partial charge in [0.1, 0.15) is 5.82 Å². The fourth-order valence-corrected chi connectivity index (χ4v) is 2.41. The molecule has 0 saturated heterocycles. The summed E-state index contributed by atoms with van der Waals surface area (Å²) in [5, 5.41) is 3.37. The molecule has 1 aliphatic carbocycles. The van der Waals surface area contributed by atoms with Crippen LogP contribution in [0.5, 0.6) is 0 Å². The summed E-state index contributed by atoms with van der Waals surface area (Å²) < 4.78 is 14.3. The maximum atomic E-state index is 13.4. The Hall–Kier alpha value is -0.410. The Balaban J connectivity index is 1.90. The largest absolute Gasteiger partial charge is 0.310 e. The van der Waals surface area contributed by atoms with Crippen molar-refractivity contribution in [3.63, 3.8) is 0 Å². The molecule has 1 fully saturated rings. The van der Waals surface area contributed by atoms with Gasteiger partial charge in [-0.05, 0) is 37.0 Å². The van der Waals surface area contributed by atoms with Crippen molar-refractivity contribution in [1.82, 2.24) is 5.32 Å². The van der Waals surface area contributed by atoms with Crippen molar-refractivity contribution in [3.8, 4) is 0 Å². The molecular formula is C12H15BrFN. The predicted octanol–water partition coefficient (Wildman–Crippen LogP) is 3.48. The third-order valence-corrected chi connectivity index (χ3v) is 3.46. The van der Waals surface area contributed by atoms with Crippen molar-refractivity contribution < 1.29 is 4.39 Å². The maximum Gasteiger partial charge on any atom is 0.127 e. The van der Waals surface area contributed by atoms with Gasteiger partial charge in [-0.1, -0.05) is 22.9 Å². The Labute approximate surface area is 98.2 Å². The van der Waals surface area contributed by atoms with Crippen molar-refractivity contribution in [2.24, 2.45) is 5.92 Å². The molecule has 1 nitrogen and oxygen atoms in total. The average molecular weight is 272 g/mol. The molecule has 0 unspecified atom stereocenters. The van der Waals surface area contributed by atoms with E-state index in [0.717, 1.165) is 16.0 Å². The lowest BCUT2D eigenvalue weighted by atomic mass is 9.82. The molecule has 2 rings (SSSR count). The van der Waals surface area contributed by atoms with Crippen molar-refractivity contribution >= 4 is 15.9 Å². The summed E-state index contributed by atoms with van der Waals surface area (Å²) in [6, 6.07) is 5.65. The molecule has 0 aliphatic heterocycles. The van der Waals surface area contributed by atoms with Gasteiger partial charge in [0.25, 0.3) is 0 Å². The Morgan fingerprint density at radius 3 is 2.87 bits per heavy atom. The first-order valence-corrected chi connectivity index (χ1v) is 6.12. The summed E-state index contributed by atoms with van der Waals surface area (Å²) in [7, 11) is 0. The van der Waals surface area contributed by atoms with Crippen LogP contribution in [0.1, 0.15) is 25.3 Å². The number of halogens is 2. The lowest BCUT2D eigenvalue weighted by Gasteiger charge is -2.33. The van der Waals surface area contributed by atoms with Gasteiger partial charge in [-0.15, -0.1) is 0 Å². The zero-order valence-corrected chi connectivity index (χ0v) is 10.3. The molecule has 0 spiro atoms. The zero-order valence-electron chi connectivity index (χ0n) is 8.76. The quantitative estimate of drug-likeness (QED) is 0.888. The van der Waals surface area contributed by atoms with Crippen LogP contribution >= 0.6 is 15.9 Å². The molecule has 1 aromatic rings. The van der Waals surface area contributed by atoms with Gasteiger partial charge in [0.2, 0.25) is 0 Å². The van der Waals surface area contributed by atoms with Gasteiger partial charge < -0.3 is 5.32 Å². The molecule has 1 aliphatic rings. The van der Waals surface area contributed by atoms with Crippen molar-refractivity contribution in [1.29, 1.82) is 0 Å². The SMILES string of the molecule is CC1CC(NCc2cc(Br)ccc2F)C1. The monoisotopic (exact) mass is 271 g/mol. The highest BCUT2D eigenvalue weighted by Crippen LogP contribution is 2.26. The summed E-state index contributed by atoms with van der Waals surface area (Å²) in [5.41, 5.74) is 0.740. The summed E-state index contributed by atoms with van der Waals surface area (Å²) in [6.45, 7) is 2.88. The zero-order chi connectivity index (χ0) is 10.8. The van der Waals surface area contributed by atoms with Gasteiger partial charge >= 0.3 is 0 Å². The van der Waals surface area contributed by atoms with Crippen molar-refractivity contribution in [2.45, 2.75) is 32.4 Å². The second-order valence-electron chi connectivity index (χ2n) is 4.39. The van der Waals surface area contributed by atoms with E-state index in [9.17, 15) is 4.39 Å². The van der Waals surface area contributed by atoms with Gasteiger partial charge in [0, 0.05) is 22.6 Å². The minimum atomic E-state index is -0.127. The van der Waals surface area contributed by atoms with Gasteiger partial charge in [-0.3, -0.25) is 0 Å². The molecule has 3 heteroatoms. The van der Waals surface area contributed by atoms with Gasteiger partial charge in [-0.2, -0.15) is 0 Å². The molecule has 15 heavy (non-hydrogen) atoms. The molecule has 0 heterocycles. The number of benzene rings is 1. The Bertz CT molecular complexity index is 347. The smallest absolute Gasteiger partial charge is 0.127 e. The molecular weight excluding hydrogens is 257 g/mol. The van der Waals surface area contributed by atoms with E-state index in [1.807, 2.05) is 6.07 Å². The Morgan fingerprint density at radius 2 is 2.20 bits per heavy atom. The van der Waals surface area contributed by atoms with Crippen LogP contribution < -0.4 is 5.32 Å². The Kier molecular flexibility index (Phi) is 3.42. The van der Waals surface area contributed by atoms with E-state index in [4.69, 9.17) is 0 Å². The van der Waals surface area contributed by atoms with Crippen LogP contribution in [0.15, 0.2) is 22.7 Å². The van der Waals surface area contributed by atoms with Crippen LogP contribution in [0, 0.1) is 11.7 Å². The van der Waals surface area contributed by atoms with E-state index < -0.39 is 0 Å². The molecule has 0 amide bonds. The fourth-order valence-electron chi connectivity index (χ4n) is 2.00. The minimum Gasteiger partial charge on any atom is -0.310 e. The average Bonchev–Trinajstić information content (AvgIpc) is 2.16. The lowest BCUT2D eigenvalue weighted by molar-refractivity contribution is 0.239. The first kappa shape index (κ1) is 11.1. The van der Waals surface area contributed by atoms with Gasteiger partial charge in [0.15, 0.2) is 0 Å². The first-order valence-electron chi connectivity index (χ1n) is 5.32. The van der Waals surface area contributed by atoms with Crippen LogP contribution in [0.3, 0.4) is 0 Å². The van der Waals surface area contributed by atoms with Gasteiger partial charge in [0.05, 0.1) is 0 Å². The fraction of sp³-hybridized carbons (Fsp3) is 0.500. The molecule has 0 radical (unpaired) electrons. The van der Waals surface area contributed by atoms with E-state index in [1.165, 1.54) is 18.9 Å². The molecule has 0 aromatic heterocycles.